The van der Waals surface area contributed by atoms with Crippen LogP contribution in [0.4, 0.5) is 5.13 Å². The summed E-state index contributed by atoms with van der Waals surface area (Å²) < 4.78 is 4.72. The van der Waals surface area contributed by atoms with E-state index in [2.05, 4.69) is 15.6 Å². The minimum atomic E-state index is -0.353. The first kappa shape index (κ1) is 20.1. The molecule has 0 spiro atoms. The van der Waals surface area contributed by atoms with Crippen LogP contribution in [0.1, 0.15) is 27.2 Å². The van der Waals surface area contributed by atoms with Crippen molar-refractivity contribution in [2.24, 2.45) is 0 Å². The molecule has 0 radical (unpaired) electrons. The predicted molar refractivity (Wildman–Crippen MR) is 97.1 cm³/mol. The van der Waals surface area contributed by atoms with Crippen molar-refractivity contribution >= 4 is 40.8 Å². The van der Waals surface area contributed by atoms with Gasteiger partial charge in [0.2, 0.25) is 5.91 Å². The van der Waals surface area contributed by atoms with E-state index >= 15 is 0 Å². The van der Waals surface area contributed by atoms with Crippen molar-refractivity contribution in [2.45, 2.75) is 12.8 Å². The van der Waals surface area contributed by atoms with Crippen LogP contribution in [-0.2, 0) is 16.0 Å². The molecule has 1 heterocycles. The average molecular weight is 370 g/mol. The first-order valence-electron chi connectivity index (χ1n) is 7.18. The lowest BCUT2D eigenvalue weighted by Gasteiger charge is -2.02. The number of carbonyl (C=O) groups is 2. The molecule has 0 aliphatic heterocycles. The zero-order valence-electron chi connectivity index (χ0n) is 13.5. The molecule has 1 aromatic carbocycles. The molecule has 8 heteroatoms. The molecule has 0 aliphatic carbocycles. The fourth-order valence-corrected chi connectivity index (χ4v) is 2.86. The molecule has 24 heavy (non-hydrogen) atoms. The van der Waals surface area contributed by atoms with Gasteiger partial charge in [-0.2, -0.15) is 0 Å². The molecule has 0 saturated carbocycles. The molecule has 0 saturated heterocycles. The summed E-state index contributed by atoms with van der Waals surface area (Å²) in [5.41, 5.74) is 1.51. The van der Waals surface area contributed by atoms with Crippen molar-refractivity contribution in [3.8, 4) is 0 Å². The van der Waals surface area contributed by atoms with Gasteiger partial charge in [0, 0.05) is 30.5 Å². The van der Waals surface area contributed by atoms with Crippen LogP contribution in [0.15, 0.2) is 30.5 Å². The molecule has 2 N–H and O–H groups in total. The quantitative estimate of drug-likeness (QED) is 0.733. The van der Waals surface area contributed by atoms with Crippen LogP contribution >= 0.6 is 23.7 Å². The first-order valence-corrected chi connectivity index (χ1v) is 8.00. The summed E-state index contributed by atoms with van der Waals surface area (Å²) in [6.07, 6.45) is 2.80. The third-order valence-corrected chi connectivity index (χ3v) is 4.04. The Labute approximate surface area is 151 Å². The number of rotatable bonds is 7. The van der Waals surface area contributed by atoms with Crippen molar-refractivity contribution in [1.82, 2.24) is 10.3 Å². The topological polar surface area (TPSA) is 80.3 Å². The minimum Gasteiger partial charge on any atom is -0.465 e. The van der Waals surface area contributed by atoms with Crippen LogP contribution in [0.3, 0.4) is 0 Å². The monoisotopic (exact) mass is 369 g/mol. The second-order valence-electron chi connectivity index (χ2n) is 4.90. The lowest BCUT2D eigenvalue weighted by molar-refractivity contribution is -0.116. The van der Waals surface area contributed by atoms with Gasteiger partial charge in [0.05, 0.1) is 12.7 Å². The molecular formula is C16H20ClN3O3S. The summed E-state index contributed by atoms with van der Waals surface area (Å²) in [5.74, 6) is -0.415. The lowest BCUT2D eigenvalue weighted by atomic mass is 10.1. The summed E-state index contributed by atoms with van der Waals surface area (Å²) >= 11 is 1.43. The Hall–Kier alpha value is -1.96. The molecule has 1 amide bonds. The van der Waals surface area contributed by atoms with E-state index in [1.54, 1.807) is 25.4 Å². The maximum absolute atomic E-state index is 11.7. The Kier molecular flexibility index (Phi) is 8.39. The highest BCUT2D eigenvalue weighted by atomic mass is 35.5. The summed E-state index contributed by atoms with van der Waals surface area (Å²) in [6.45, 7) is 0.629. The zero-order valence-corrected chi connectivity index (χ0v) is 15.1. The Morgan fingerprint density at radius 3 is 2.83 bits per heavy atom. The number of thiazole rings is 1. The summed E-state index contributed by atoms with van der Waals surface area (Å²) in [4.78, 5) is 28.4. The molecule has 0 unspecified atom stereocenters. The second-order valence-corrected chi connectivity index (χ2v) is 6.02. The number of anilines is 1. The maximum atomic E-state index is 11.7. The Morgan fingerprint density at radius 2 is 2.12 bits per heavy atom. The number of ether oxygens (including phenoxy) is 1. The first-order chi connectivity index (χ1) is 11.1. The smallest absolute Gasteiger partial charge is 0.337 e. The number of carbonyl (C=O) groups excluding carboxylic acids is 2. The van der Waals surface area contributed by atoms with Gasteiger partial charge in [-0.05, 0) is 24.7 Å². The van der Waals surface area contributed by atoms with E-state index in [0.717, 1.165) is 10.4 Å². The number of aromatic nitrogens is 1. The number of nitrogens with one attached hydrogen (secondary N) is 2. The van der Waals surface area contributed by atoms with Crippen LogP contribution in [0.25, 0.3) is 0 Å². The molecule has 0 aliphatic rings. The third-order valence-electron chi connectivity index (χ3n) is 3.13. The number of amides is 1. The van der Waals surface area contributed by atoms with Crippen molar-refractivity contribution < 1.29 is 14.3 Å². The van der Waals surface area contributed by atoms with Gasteiger partial charge < -0.3 is 15.4 Å². The molecule has 0 bridgehead atoms. The normalized spacial score (nSPS) is 9.92. The molecule has 0 fully saturated rings. The summed E-state index contributed by atoms with van der Waals surface area (Å²) in [5, 5.41) is 6.29. The van der Waals surface area contributed by atoms with Gasteiger partial charge >= 0.3 is 5.97 Å². The molecule has 130 valence electrons. The second kappa shape index (κ2) is 10.0. The molecule has 6 nitrogen and oxygen atoms in total. The fourth-order valence-electron chi connectivity index (χ4n) is 1.99. The van der Waals surface area contributed by atoms with Gasteiger partial charge in [0.15, 0.2) is 5.13 Å². The maximum Gasteiger partial charge on any atom is 0.337 e. The van der Waals surface area contributed by atoms with Gasteiger partial charge in [0.25, 0.3) is 0 Å². The minimum absolute atomic E-state index is 0. The van der Waals surface area contributed by atoms with Gasteiger partial charge in [-0.3, -0.25) is 4.79 Å². The van der Waals surface area contributed by atoms with E-state index < -0.39 is 0 Å². The van der Waals surface area contributed by atoms with Gasteiger partial charge in [-0.1, -0.05) is 12.1 Å². The predicted octanol–water partition coefficient (Wildman–Crippen LogP) is 2.49. The van der Waals surface area contributed by atoms with Crippen LogP contribution in [0.5, 0.6) is 0 Å². The van der Waals surface area contributed by atoms with E-state index in [1.807, 2.05) is 12.1 Å². The largest absolute Gasteiger partial charge is 0.465 e. The highest BCUT2D eigenvalue weighted by Crippen LogP contribution is 2.21. The van der Waals surface area contributed by atoms with E-state index in [1.165, 1.54) is 18.4 Å². The fraction of sp³-hybridized carbons (Fsp3) is 0.312. The van der Waals surface area contributed by atoms with Gasteiger partial charge in [-0.15, -0.1) is 23.7 Å². The molecule has 2 aromatic rings. The molecule has 2 rings (SSSR count). The Bertz CT molecular complexity index is 691. The zero-order chi connectivity index (χ0) is 16.7. The van der Waals surface area contributed by atoms with E-state index in [4.69, 9.17) is 4.74 Å². The van der Waals surface area contributed by atoms with E-state index in [9.17, 15) is 9.59 Å². The highest BCUT2D eigenvalue weighted by molar-refractivity contribution is 7.15. The summed E-state index contributed by atoms with van der Waals surface area (Å²) in [6, 6.07) is 7.28. The Balaban J connectivity index is 0.00000288. The molecule has 1 aromatic heterocycles. The lowest BCUT2D eigenvalue weighted by Crippen LogP contribution is -2.18. The average Bonchev–Trinajstić information content (AvgIpc) is 2.99. The third kappa shape index (κ3) is 5.92. The van der Waals surface area contributed by atoms with Gasteiger partial charge in [-0.25, -0.2) is 9.78 Å². The van der Waals surface area contributed by atoms with Crippen molar-refractivity contribution in [1.29, 1.82) is 0 Å². The van der Waals surface area contributed by atoms with Crippen LogP contribution in [0.2, 0.25) is 0 Å². The number of methoxy groups -OCH3 is 1. The highest BCUT2D eigenvalue weighted by Gasteiger charge is 2.09. The standard InChI is InChI=1S/C16H19N3O3S.ClH/c1-17-7-6-14(20)19-16-18-10-13(23-16)9-11-4-3-5-12(8-11)15(21)22-2;/h3-5,8,10,17H,6-7,9H2,1-2H3,(H,18,19,20);1H. The SMILES string of the molecule is CNCCC(=O)Nc1ncc(Cc2cccc(C(=O)OC)c2)s1.Cl. The molecule has 0 atom stereocenters. The number of benzene rings is 1. The number of hydrogen-bond donors (Lipinski definition) is 2. The number of hydrogen-bond acceptors (Lipinski definition) is 6. The van der Waals surface area contributed by atoms with Crippen LogP contribution < -0.4 is 10.6 Å². The molecular weight excluding hydrogens is 350 g/mol. The van der Waals surface area contributed by atoms with Crippen LogP contribution in [-0.4, -0.2) is 37.6 Å². The van der Waals surface area contributed by atoms with Crippen molar-refractivity contribution in [3.05, 3.63) is 46.5 Å². The Morgan fingerprint density at radius 1 is 1.33 bits per heavy atom. The number of halogens is 1. The summed E-state index contributed by atoms with van der Waals surface area (Å²) in [7, 11) is 3.17. The van der Waals surface area contributed by atoms with Gasteiger partial charge in [0.1, 0.15) is 0 Å². The van der Waals surface area contributed by atoms with E-state index in [0.29, 0.717) is 30.1 Å². The van der Waals surface area contributed by atoms with E-state index in [-0.39, 0.29) is 24.3 Å². The van der Waals surface area contributed by atoms with Crippen molar-refractivity contribution in [2.75, 3.05) is 26.0 Å². The van der Waals surface area contributed by atoms with Crippen molar-refractivity contribution in [3.63, 3.8) is 0 Å². The van der Waals surface area contributed by atoms with Crippen LogP contribution in [0, 0.1) is 0 Å². The number of esters is 1. The number of nitrogens with zero attached hydrogens (tertiary/aromatic N) is 1.